The van der Waals surface area contributed by atoms with Crippen molar-refractivity contribution in [2.45, 2.75) is 13.5 Å². The Morgan fingerprint density at radius 3 is 3.00 bits per heavy atom. The molecule has 1 aliphatic heterocycles. The Hall–Kier alpha value is -3.00. The smallest absolute Gasteiger partial charge is 0.260 e. The molecule has 0 saturated carbocycles. The van der Waals surface area contributed by atoms with Gasteiger partial charge in [0.05, 0.1) is 5.56 Å². The summed E-state index contributed by atoms with van der Waals surface area (Å²) in [5, 5.41) is 9.55. The van der Waals surface area contributed by atoms with Crippen LogP contribution < -0.4 is 10.3 Å². The molecule has 1 N–H and O–H groups in total. The van der Waals surface area contributed by atoms with Crippen LogP contribution in [0.15, 0.2) is 35.1 Å². The third-order valence-corrected chi connectivity index (χ3v) is 3.77. The first kappa shape index (κ1) is 11.8. The lowest BCUT2D eigenvalue weighted by molar-refractivity contribution is 0.287. The molecule has 0 radical (unpaired) electrons. The molecule has 0 saturated heterocycles. The number of aromatic amines is 1. The highest BCUT2D eigenvalue weighted by Gasteiger charge is 2.28. The van der Waals surface area contributed by atoms with Crippen LogP contribution in [0.5, 0.6) is 5.88 Å². The molecule has 0 bridgehead atoms. The number of fused-ring (bicyclic) bond motifs is 5. The summed E-state index contributed by atoms with van der Waals surface area (Å²) in [6.45, 7) is 2.19. The summed E-state index contributed by atoms with van der Waals surface area (Å²) in [5.74, 6) is 0.446. The minimum absolute atomic E-state index is 0.196. The van der Waals surface area contributed by atoms with Crippen LogP contribution in [0, 0.1) is 18.3 Å². The van der Waals surface area contributed by atoms with Crippen LogP contribution in [-0.4, -0.2) is 9.38 Å². The monoisotopic (exact) mass is 277 g/mol. The molecule has 1 aliphatic rings. The lowest BCUT2D eigenvalue weighted by Crippen LogP contribution is -2.16. The zero-order valence-corrected chi connectivity index (χ0v) is 11.3. The van der Waals surface area contributed by atoms with Gasteiger partial charge >= 0.3 is 0 Å². The van der Waals surface area contributed by atoms with E-state index in [1.165, 1.54) is 10.5 Å². The Labute approximate surface area is 120 Å². The van der Waals surface area contributed by atoms with Gasteiger partial charge in [-0.05, 0) is 18.1 Å². The van der Waals surface area contributed by atoms with Crippen LogP contribution in [0.25, 0.3) is 16.8 Å². The normalized spacial score (nSPS) is 12.4. The van der Waals surface area contributed by atoms with E-state index < -0.39 is 0 Å². The SMILES string of the molecule is Cc1cc(=O)n2c3c(c(C#N)c2[nH]1)-c1ccccc1CO3. The van der Waals surface area contributed by atoms with Crippen LogP contribution in [-0.2, 0) is 6.61 Å². The number of ether oxygens (including phenoxy) is 1. The highest BCUT2D eigenvalue weighted by atomic mass is 16.5. The molecule has 0 aliphatic carbocycles. The van der Waals surface area contributed by atoms with E-state index in [2.05, 4.69) is 11.1 Å². The second-order valence-corrected chi connectivity index (χ2v) is 5.09. The van der Waals surface area contributed by atoms with Crippen LogP contribution >= 0.6 is 0 Å². The molecule has 0 fully saturated rings. The molecule has 0 atom stereocenters. The van der Waals surface area contributed by atoms with Crippen molar-refractivity contribution in [1.82, 2.24) is 9.38 Å². The molecule has 4 rings (SSSR count). The molecule has 5 heteroatoms. The van der Waals surface area contributed by atoms with Gasteiger partial charge in [0.25, 0.3) is 5.56 Å². The first-order valence-electron chi connectivity index (χ1n) is 6.60. The highest BCUT2D eigenvalue weighted by molar-refractivity contribution is 5.86. The fourth-order valence-electron chi connectivity index (χ4n) is 2.88. The number of benzene rings is 1. The molecule has 0 unspecified atom stereocenters. The number of H-pyrrole nitrogens is 1. The molecule has 0 spiro atoms. The summed E-state index contributed by atoms with van der Waals surface area (Å²) in [6.07, 6.45) is 0. The van der Waals surface area contributed by atoms with Gasteiger partial charge in [0.1, 0.15) is 23.9 Å². The van der Waals surface area contributed by atoms with E-state index >= 15 is 0 Å². The minimum atomic E-state index is -0.196. The average Bonchev–Trinajstić information content (AvgIpc) is 2.81. The number of nitrogens with one attached hydrogen (secondary N) is 1. The Morgan fingerprint density at radius 2 is 2.19 bits per heavy atom. The van der Waals surface area contributed by atoms with Crippen molar-refractivity contribution in [3.63, 3.8) is 0 Å². The van der Waals surface area contributed by atoms with Gasteiger partial charge in [-0.1, -0.05) is 24.3 Å². The lowest BCUT2D eigenvalue weighted by Gasteiger charge is -2.17. The van der Waals surface area contributed by atoms with E-state index in [1.54, 1.807) is 6.92 Å². The summed E-state index contributed by atoms with van der Waals surface area (Å²) < 4.78 is 7.20. The second-order valence-electron chi connectivity index (χ2n) is 5.09. The molecular weight excluding hydrogens is 266 g/mol. The van der Waals surface area contributed by atoms with E-state index in [-0.39, 0.29) is 5.56 Å². The molecule has 0 amide bonds. The topological polar surface area (TPSA) is 70.3 Å². The third kappa shape index (κ3) is 1.47. The van der Waals surface area contributed by atoms with E-state index in [0.29, 0.717) is 35.0 Å². The van der Waals surface area contributed by atoms with Crippen molar-refractivity contribution in [2.75, 3.05) is 0 Å². The fourth-order valence-corrected chi connectivity index (χ4v) is 2.88. The van der Waals surface area contributed by atoms with Gasteiger partial charge in [-0.25, -0.2) is 4.40 Å². The first-order valence-corrected chi connectivity index (χ1v) is 6.60. The molecule has 3 aromatic rings. The molecular formula is C16H11N3O2. The predicted octanol–water partition coefficient (Wildman–Crippen LogP) is 2.37. The average molecular weight is 277 g/mol. The van der Waals surface area contributed by atoms with E-state index in [0.717, 1.165) is 11.1 Å². The molecule has 5 nitrogen and oxygen atoms in total. The summed E-state index contributed by atoms with van der Waals surface area (Å²) in [7, 11) is 0. The van der Waals surface area contributed by atoms with Gasteiger partial charge in [-0.15, -0.1) is 0 Å². The fraction of sp³-hybridized carbons (Fsp3) is 0.125. The Balaban J connectivity index is 2.24. The first-order chi connectivity index (χ1) is 10.2. The maximum Gasteiger partial charge on any atom is 0.260 e. The van der Waals surface area contributed by atoms with Crippen LogP contribution in [0.2, 0.25) is 0 Å². The van der Waals surface area contributed by atoms with E-state index in [4.69, 9.17) is 4.74 Å². The van der Waals surface area contributed by atoms with Gasteiger partial charge in [0.2, 0.25) is 5.88 Å². The molecule has 1 aromatic carbocycles. The van der Waals surface area contributed by atoms with E-state index in [9.17, 15) is 10.1 Å². The lowest BCUT2D eigenvalue weighted by atomic mass is 9.97. The van der Waals surface area contributed by atoms with Crippen molar-refractivity contribution in [3.8, 4) is 23.1 Å². The summed E-state index contributed by atoms with van der Waals surface area (Å²) in [5.41, 5.74) is 4.11. The standard InChI is InChI=1S/C16H11N3O2/c1-9-6-13(20)19-15(18-9)12(7-17)14-11-5-3-2-4-10(11)8-21-16(14)19/h2-6,18H,8H2,1H3. The molecule has 3 heterocycles. The van der Waals surface area contributed by atoms with Crippen molar-refractivity contribution in [2.24, 2.45) is 0 Å². The third-order valence-electron chi connectivity index (χ3n) is 3.77. The zero-order chi connectivity index (χ0) is 14.6. The quantitative estimate of drug-likeness (QED) is 0.685. The largest absolute Gasteiger partial charge is 0.473 e. The van der Waals surface area contributed by atoms with Crippen molar-refractivity contribution < 1.29 is 4.74 Å². The van der Waals surface area contributed by atoms with Gasteiger partial charge in [-0.3, -0.25) is 4.79 Å². The van der Waals surface area contributed by atoms with Gasteiger partial charge in [0.15, 0.2) is 0 Å². The maximum atomic E-state index is 12.3. The molecule has 2 aromatic heterocycles. The summed E-state index contributed by atoms with van der Waals surface area (Å²) >= 11 is 0. The van der Waals surface area contributed by atoms with Crippen LogP contribution in [0.3, 0.4) is 0 Å². The van der Waals surface area contributed by atoms with E-state index in [1.807, 2.05) is 24.3 Å². The number of hydrogen-bond donors (Lipinski definition) is 1. The summed E-state index contributed by atoms with van der Waals surface area (Å²) in [6, 6.07) is 11.5. The van der Waals surface area contributed by atoms with Crippen molar-refractivity contribution in [1.29, 1.82) is 5.26 Å². The number of hydrogen-bond acceptors (Lipinski definition) is 3. The number of rotatable bonds is 0. The Kier molecular flexibility index (Phi) is 2.24. The van der Waals surface area contributed by atoms with Crippen LogP contribution in [0.1, 0.15) is 16.8 Å². The highest BCUT2D eigenvalue weighted by Crippen LogP contribution is 2.41. The number of nitrogens with zero attached hydrogens (tertiary/aromatic N) is 2. The Bertz CT molecular complexity index is 989. The zero-order valence-electron chi connectivity index (χ0n) is 11.3. The molecule has 21 heavy (non-hydrogen) atoms. The van der Waals surface area contributed by atoms with Crippen LogP contribution in [0.4, 0.5) is 0 Å². The van der Waals surface area contributed by atoms with Crippen molar-refractivity contribution in [3.05, 3.63) is 57.5 Å². The number of nitriles is 1. The van der Waals surface area contributed by atoms with Gasteiger partial charge in [0, 0.05) is 11.8 Å². The Morgan fingerprint density at radius 1 is 1.38 bits per heavy atom. The summed E-state index contributed by atoms with van der Waals surface area (Å²) in [4.78, 5) is 15.4. The number of aromatic nitrogens is 2. The second kappa shape index (κ2) is 4.00. The maximum absolute atomic E-state index is 12.3. The predicted molar refractivity (Wildman–Crippen MR) is 77.2 cm³/mol. The van der Waals surface area contributed by atoms with Crippen molar-refractivity contribution >= 4 is 5.65 Å². The van der Waals surface area contributed by atoms with Gasteiger partial charge in [-0.2, -0.15) is 5.26 Å². The minimum Gasteiger partial charge on any atom is -0.473 e. The molecule has 102 valence electrons. The van der Waals surface area contributed by atoms with Gasteiger partial charge < -0.3 is 9.72 Å². The number of aryl methyl sites for hydroxylation is 1.